The summed E-state index contributed by atoms with van der Waals surface area (Å²) in [5.41, 5.74) is 9.88. The van der Waals surface area contributed by atoms with Crippen LogP contribution in [0.25, 0.3) is 61.3 Å². The van der Waals surface area contributed by atoms with E-state index in [0.717, 1.165) is 5.75 Å². The number of thioether (sulfide) groups is 1. The standard InChI is InChI=1S/C35H24N2S/c1-3-10-26(11-4-1)36-31-15-8-7-14-28(31)29-22-24(17-19-32(29)36)25-18-20-33-30(23-25)35-34(16-9-21-38-35)37(33)27-12-5-2-6-13-27/h1-20,22-23H,21H2. The Kier molecular flexibility index (Phi) is 4.86. The van der Waals surface area contributed by atoms with Gasteiger partial charge in [-0.25, -0.2) is 0 Å². The molecule has 3 heterocycles. The highest BCUT2D eigenvalue weighted by molar-refractivity contribution is 7.99. The molecule has 2 nitrogen and oxygen atoms in total. The molecule has 0 amide bonds. The highest BCUT2D eigenvalue weighted by atomic mass is 32.2. The molecule has 0 aliphatic carbocycles. The largest absolute Gasteiger partial charge is 0.309 e. The molecule has 2 aromatic heterocycles. The molecule has 0 saturated carbocycles. The minimum absolute atomic E-state index is 1.01. The van der Waals surface area contributed by atoms with Crippen molar-refractivity contribution in [1.82, 2.24) is 9.13 Å². The van der Waals surface area contributed by atoms with E-state index >= 15 is 0 Å². The van der Waals surface area contributed by atoms with Gasteiger partial charge in [0, 0.05) is 38.2 Å². The van der Waals surface area contributed by atoms with E-state index in [0.29, 0.717) is 0 Å². The van der Waals surface area contributed by atoms with E-state index in [2.05, 4.69) is 143 Å². The summed E-state index contributed by atoms with van der Waals surface area (Å²) < 4.78 is 4.77. The van der Waals surface area contributed by atoms with E-state index in [1.165, 1.54) is 65.8 Å². The zero-order valence-electron chi connectivity index (χ0n) is 20.7. The molecular weight excluding hydrogens is 480 g/mol. The van der Waals surface area contributed by atoms with Crippen molar-refractivity contribution in [3.63, 3.8) is 0 Å². The van der Waals surface area contributed by atoms with E-state index in [1.807, 2.05) is 11.8 Å². The van der Waals surface area contributed by atoms with Gasteiger partial charge < -0.3 is 9.13 Å². The normalized spacial score (nSPS) is 12.9. The Morgan fingerprint density at radius 2 is 1.08 bits per heavy atom. The predicted molar refractivity (Wildman–Crippen MR) is 163 cm³/mol. The number of para-hydroxylation sites is 3. The Morgan fingerprint density at radius 1 is 0.500 bits per heavy atom. The first-order chi connectivity index (χ1) is 18.9. The lowest BCUT2D eigenvalue weighted by atomic mass is 10.0. The van der Waals surface area contributed by atoms with Crippen molar-refractivity contribution in [1.29, 1.82) is 0 Å². The number of rotatable bonds is 3. The van der Waals surface area contributed by atoms with E-state index in [4.69, 9.17) is 0 Å². The van der Waals surface area contributed by atoms with Gasteiger partial charge in [-0.05, 0) is 71.8 Å². The molecule has 8 rings (SSSR count). The summed E-state index contributed by atoms with van der Waals surface area (Å²) in [6, 6.07) is 43.9. The highest BCUT2D eigenvalue weighted by Gasteiger charge is 2.20. The third kappa shape index (κ3) is 3.22. The van der Waals surface area contributed by atoms with Crippen LogP contribution in [0, 0.1) is 0 Å². The molecule has 3 heteroatoms. The molecule has 0 spiro atoms. The summed E-state index contributed by atoms with van der Waals surface area (Å²) in [6.45, 7) is 0. The van der Waals surface area contributed by atoms with Crippen molar-refractivity contribution in [2.24, 2.45) is 0 Å². The lowest BCUT2D eigenvalue weighted by molar-refractivity contribution is 1.08. The molecule has 1 aliphatic rings. The van der Waals surface area contributed by atoms with Gasteiger partial charge in [0.15, 0.2) is 0 Å². The lowest BCUT2D eigenvalue weighted by Crippen LogP contribution is -1.97. The fraction of sp³-hybridized carbons (Fsp3) is 0.0286. The maximum Gasteiger partial charge on any atom is 0.0601 e. The average Bonchev–Trinajstić information content (AvgIpc) is 3.50. The van der Waals surface area contributed by atoms with E-state index < -0.39 is 0 Å². The van der Waals surface area contributed by atoms with Gasteiger partial charge in [0.25, 0.3) is 0 Å². The summed E-state index contributed by atoms with van der Waals surface area (Å²) >= 11 is 1.93. The van der Waals surface area contributed by atoms with E-state index in [9.17, 15) is 0 Å². The smallest absolute Gasteiger partial charge is 0.0601 e. The Bertz CT molecular complexity index is 2010. The first-order valence-corrected chi connectivity index (χ1v) is 14.0. The Hall–Kier alpha value is -4.47. The van der Waals surface area contributed by atoms with Crippen LogP contribution in [0.2, 0.25) is 0 Å². The van der Waals surface area contributed by atoms with Crippen LogP contribution in [0.4, 0.5) is 0 Å². The van der Waals surface area contributed by atoms with Crippen LogP contribution in [0.5, 0.6) is 0 Å². The summed E-state index contributed by atoms with van der Waals surface area (Å²) in [4.78, 5) is 1.37. The number of fused-ring (bicyclic) bond motifs is 6. The van der Waals surface area contributed by atoms with Crippen LogP contribution < -0.4 is 0 Å². The number of hydrogen-bond donors (Lipinski definition) is 0. The highest BCUT2D eigenvalue weighted by Crippen LogP contribution is 2.42. The Balaban J connectivity index is 1.34. The van der Waals surface area contributed by atoms with Gasteiger partial charge in [0.2, 0.25) is 0 Å². The van der Waals surface area contributed by atoms with E-state index in [-0.39, 0.29) is 0 Å². The van der Waals surface area contributed by atoms with Crippen molar-refractivity contribution in [2.45, 2.75) is 4.90 Å². The Labute approximate surface area is 225 Å². The van der Waals surface area contributed by atoms with Gasteiger partial charge in [-0.1, -0.05) is 72.8 Å². The maximum absolute atomic E-state index is 2.40. The maximum atomic E-state index is 2.40. The van der Waals surface area contributed by atoms with Gasteiger partial charge in [0.05, 0.1) is 22.2 Å². The average molecular weight is 505 g/mol. The molecule has 1 aliphatic heterocycles. The van der Waals surface area contributed by atoms with Gasteiger partial charge in [0.1, 0.15) is 0 Å². The molecule has 180 valence electrons. The first kappa shape index (κ1) is 21.6. The van der Waals surface area contributed by atoms with Crippen LogP contribution in [0.3, 0.4) is 0 Å². The number of nitrogens with zero attached hydrogens (tertiary/aromatic N) is 2. The minimum atomic E-state index is 1.01. The van der Waals surface area contributed by atoms with Gasteiger partial charge in [-0.15, -0.1) is 11.8 Å². The fourth-order valence-corrected chi connectivity index (χ4v) is 6.90. The molecular formula is C35H24N2S. The van der Waals surface area contributed by atoms with Crippen molar-refractivity contribution in [3.8, 4) is 22.5 Å². The number of benzene rings is 5. The SMILES string of the molecule is C1=Cc2c(c3cc(-c4ccc5c(c4)c4ccccc4n5-c4ccccc4)ccc3n2-c2ccccc2)SC1. The van der Waals surface area contributed by atoms with Crippen LogP contribution >= 0.6 is 11.8 Å². The number of aromatic nitrogens is 2. The molecule has 38 heavy (non-hydrogen) atoms. The van der Waals surface area contributed by atoms with Gasteiger partial charge in [-0.2, -0.15) is 0 Å². The zero-order valence-corrected chi connectivity index (χ0v) is 21.5. The molecule has 0 N–H and O–H groups in total. The zero-order chi connectivity index (χ0) is 25.1. The molecule has 5 aromatic carbocycles. The van der Waals surface area contributed by atoms with Crippen LogP contribution in [0.15, 0.2) is 132 Å². The second kappa shape index (κ2) is 8.54. The summed E-state index contributed by atoms with van der Waals surface area (Å²) in [5.74, 6) is 1.01. The predicted octanol–water partition coefficient (Wildman–Crippen LogP) is 9.51. The fourth-order valence-electron chi connectivity index (χ4n) is 5.92. The van der Waals surface area contributed by atoms with Crippen molar-refractivity contribution >= 4 is 50.5 Å². The molecule has 0 bridgehead atoms. The number of hydrogen-bond acceptors (Lipinski definition) is 1. The first-order valence-electron chi connectivity index (χ1n) is 13.0. The molecule has 0 atom stereocenters. The van der Waals surface area contributed by atoms with Crippen LogP contribution in [0.1, 0.15) is 5.69 Å². The van der Waals surface area contributed by atoms with Crippen LogP contribution in [-0.4, -0.2) is 14.9 Å². The van der Waals surface area contributed by atoms with Crippen molar-refractivity contribution in [3.05, 3.63) is 133 Å². The quantitative estimate of drug-likeness (QED) is 0.233. The summed E-state index contributed by atoms with van der Waals surface area (Å²) in [6.07, 6.45) is 4.55. The summed E-state index contributed by atoms with van der Waals surface area (Å²) in [5, 5.41) is 3.88. The molecule has 7 aromatic rings. The third-order valence-electron chi connectivity index (χ3n) is 7.59. The molecule has 0 fully saturated rings. The molecule has 0 unspecified atom stereocenters. The topological polar surface area (TPSA) is 9.86 Å². The van der Waals surface area contributed by atoms with Crippen molar-refractivity contribution < 1.29 is 0 Å². The van der Waals surface area contributed by atoms with E-state index in [1.54, 1.807) is 0 Å². The van der Waals surface area contributed by atoms with Crippen LogP contribution in [-0.2, 0) is 0 Å². The Morgan fingerprint density at radius 3 is 1.82 bits per heavy atom. The van der Waals surface area contributed by atoms with Gasteiger partial charge >= 0.3 is 0 Å². The summed E-state index contributed by atoms with van der Waals surface area (Å²) in [7, 11) is 0. The van der Waals surface area contributed by atoms with Gasteiger partial charge in [-0.3, -0.25) is 0 Å². The lowest BCUT2D eigenvalue weighted by Gasteiger charge is -2.11. The molecule has 0 saturated heterocycles. The molecule has 0 radical (unpaired) electrons. The second-order valence-corrected chi connectivity index (χ2v) is 10.8. The van der Waals surface area contributed by atoms with Crippen molar-refractivity contribution in [2.75, 3.05) is 5.75 Å². The monoisotopic (exact) mass is 504 g/mol. The minimum Gasteiger partial charge on any atom is -0.309 e. The second-order valence-electron chi connectivity index (χ2n) is 9.75. The third-order valence-corrected chi connectivity index (χ3v) is 8.67.